The van der Waals surface area contributed by atoms with Crippen LogP contribution in [0.4, 0.5) is 5.69 Å². The molecule has 4 nitrogen and oxygen atoms in total. The van der Waals surface area contributed by atoms with Gasteiger partial charge in [0.2, 0.25) is 5.91 Å². The standard InChI is InChI=1S/C15H22N2O2/c1-11-9-12(10-18)3-4-14(11)17-7-5-13(6-8-17)15(19)16-2/h3-4,9,13,18H,5-8,10H2,1-2H3,(H,16,19). The van der Waals surface area contributed by atoms with Gasteiger partial charge in [0.15, 0.2) is 0 Å². The van der Waals surface area contributed by atoms with E-state index in [0.717, 1.165) is 31.5 Å². The Morgan fingerprint density at radius 1 is 1.42 bits per heavy atom. The van der Waals surface area contributed by atoms with Crippen LogP contribution in [0.5, 0.6) is 0 Å². The Kier molecular flexibility index (Phi) is 4.43. The summed E-state index contributed by atoms with van der Waals surface area (Å²) < 4.78 is 0. The molecule has 0 aromatic heterocycles. The molecule has 1 aliphatic rings. The molecule has 104 valence electrons. The van der Waals surface area contributed by atoms with E-state index < -0.39 is 0 Å². The fourth-order valence-electron chi connectivity index (χ4n) is 2.76. The SMILES string of the molecule is CNC(=O)C1CCN(c2ccc(CO)cc2C)CC1. The van der Waals surface area contributed by atoms with Crippen LogP contribution in [0.2, 0.25) is 0 Å². The van der Waals surface area contributed by atoms with E-state index in [-0.39, 0.29) is 18.4 Å². The number of rotatable bonds is 3. The molecule has 1 heterocycles. The topological polar surface area (TPSA) is 52.6 Å². The molecule has 0 aliphatic carbocycles. The lowest BCUT2D eigenvalue weighted by molar-refractivity contribution is -0.125. The number of amides is 1. The van der Waals surface area contributed by atoms with Crippen LogP contribution in [0.1, 0.15) is 24.0 Å². The highest BCUT2D eigenvalue weighted by atomic mass is 16.3. The zero-order valence-corrected chi connectivity index (χ0v) is 11.6. The van der Waals surface area contributed by atoms with Crippen LogP contribution in [-0.2, 0) is 11.4 Å². The number of piperidine rings is 1. The smallest absolute Gasteiger partial charge is 0.222 e. The minimum Gasteiger partial charge on any atom is -0.392 e. The Labute approximate surface area is 114 Å². The van der Waals surface area contributed by atoms with E-state index in [1.165, 1.54) is 11.3 Å². The number of carbonyl (C=O) groups is 1. The van der Waals surface area contributed by atoms with Gasteiger partial charge >= 0.3 is 0 Å². The summed E-state index contributed by atoms with van der Waals surface area (Å²) in [6.07, 6.45) is 1.81. The summed E-state index contributed by atoms with van der Waals surface area (Å²) in [5, 5.41) is 11.9. The van der Waals surface area contributed by atoms with Gasteiger partial charge in [0.05, 0.1) is 6.61 Å². The fourth-order valence-corrected chi connectivity index (χ4v) is 2.76. The molecule has 1 amide bonds. The molecule has 0 bridgehead atoms. The van der Waals surface area contributed by atoms with Crippen molar-refractivity contribution < 1.29 is 9.90 Å². The zero-order valence-electron chi connectivity index (χ0n) is 11.6. The van der Waals surface area contributed by atoms with E-state index in [1.54, 1.807) is 7.05 Å². The van der Waals surface area contributed by atoms with Gasteiger partial charge in [-0.2, -0.15) is 0 Å². The molecule has 1 saturated heterocycles. The van der Waals surface area contributed by atoms with Crippen molar-refractivity contribution in [1.29, 1.82) is 0 Å². The van der Waals surface area contributed by atoms with Crippen molar-refractivity contribution in [2.45, 2.75) is 26.4 Å². The van der Waals surface area contributed by atoms with Crippen molar-refractivity contribution in [3.8, 4) is 0 Å². The summed E-state index contributed by atoms with van der Waals surface area (Å²) >= 11 is 0. The van der Waals surface area contributed by atoms with Gasteiger partial charge in [-0.25, -0.2) is 0 Å². The lowest BCUT2D eigenvalue weighted by atomic mass is 9.95. The minimum atomic E-state index is 0.0832. The third-order valence-electron chi connectivity index (χ3n) is 3.90. The maximum atomic E-state index is 11.6. The van der Waals surface area contributed by atoms with E-state index in [4.69, 9.17) is 5.11 Å². The monoisotopic (exact) mass is 262 g/mol. The highest BCUT2D eigenvalue weighted by molar-refractivity contribution is 5.78. The quantitative estimate of drug-likeness (QED) is 0.867. The lowest BCUT2D eigenvalue weighted by Gasteiger charge is -2.33. The number of benzene rings is 1. The van der Waals surface area contributed by atoms with Crippen molar-refractivity contribution >= 4 is 11.6 Å². The van der Waals surface area contributed by atoms with Crippen LogP contribution in [-0.4, -0.2) is 31.2 Å². The van der Waals surface area contributed by atoms with Crippen LogP contribution in [0.3, 0.4) is 0 Å². The van der Waals surface area contributed by atoms with Gasteiger partial charge < -0.3 is 15.3 Å². The van der Waals surface area contributed by atoms with Crippen LogP contribution in [0, 0.1) is 12.8 Å². The molecule has 0 saturated carbocycles. The number of hydrogen-bond donors (Lipinski definition) is 2. The molecule has 0 spiro atoms. The first-order chi connectivity index (χ1) is 9.15. The van der Waals surface area contributed by atoms with Crippen molar-refractivity contribution in [3.05, 3.63) is 29.3 Å². The number of nitrogens with one attached hydrogen (secondary N) is 1. The normalized spacial score (nSPS) is 16.5. The number of nitrogens with zero attached hydrogens (tertiary/aromatic N) is 1. The summed E-state index contributed by atoms with van der Waals surface area (Å²) in [5.74, 6) is 0.310. The van der Waals surface area contributed by atoms with E-state index in [1.807, 2.05) is 12.1 Å². The Hall–Kier alpha value is -1.55. The second-order valence-electron chi connectivity index (χ2n) is 5.15. The van der Waals surface area contributed by atoms with Crippen LogP contribution < -0.4 is 10.2 Å². The van der Waals surface area contributed by atoms with Crippen molar-refractivity contribution in [3.63, 3.8) is 0 Å². The van der Waals surface area contributed by atoms with E-state index in [0.29, 0.717) is 0 Å². The lowest BCUT2D eigenvalue weighted by Crippen LogP contribution is -2.39. The number of aryl methyl sites for hydroxylation is 1. The molecule has 1 aliphatic heterocycles. The minimum absolute atomic E-state index is 0.0832. The first-order valence-corrected chi connectivity index (χ1v) is 6.82. The molecule has 19 heavy (non-hydrogen) atoms. The Bertz CT molecular complexity index is 451. The Morgan fingerprint density at radius 2 is 2.11 bits per heavy atom. The molecule has 1 fully saturated rings. The predicted octanol–water partition coefficient (Wildman–Crippen LogP) is 1.45. The van der Waals surface area contributed by atoms with E-state index in [9.17, 15) is 4.79 Å². The molecule has 0 radical (unpaired) electrons. The number of aliphatic hydroxyl groups excluding tert-OH is 1. The van der Waals surface area contributed by atoms with Gasteiger partial charge in [-0.15, -0.1) is 0 Å². The number of carbonyl (C=O) groups excluding carboxylic acids is 1. The third kappa shape index (κ3) is 3.07. The van der Waals surface area contributed by atoms with E-state index in [2.05, 4.69) is 23.2 Å². The van der Waals surface area contributed by atoms with Gasteiger partial charge in [-0.1, -0.05) is 12.1 Å². The Balaban J connectivity index is 2.03. The molecule has 1 aromatic rings. The van der Waals surface area contributed by atoms with Crippen molar-refractivity contribution in [2.24, 2.45) is 5.92 Å². The summed E-state index contributed by atoms with van der Waals surface area (Å²) in [4.78, 5) is 13.9. The molecule has 1 aromatic carbocycles. The molecule has 2 N–H and O–H groups in total. The average molecular weight is 262 g/mol. The summed E-state index contributed by atoms with van der Waals surface area (Å²) in [6, 6.07) is 6.06. The molecule has 0 atom stereocenters. The van der Waals surface area contributed by atoms with Gasteiger partial charge in [0.1, 0.15) is 0 Å². The highest BCUT2D eigenvalue weighted by Gasteiger charge is 2.24. The van der Waals surface area contributed by atoms with Gasteiger partial charge in [0, 0.05) is 31.7 Å². The molecular weight excluding hydrogens is 240 g/mol. The fraction of sp³-hybridized carbons (Fsp3) is 0.533. The summed E-state index contributed by atoms with van der Waals surface area (Å²) in [7, 11) is 1.70. The molecule has 2 rings (SSSR count). The van der Waals surface area contributed by atoms with Crippen LogP contribution >= 0.6 is 0 Å². The maximum Gasteiger partial charge on any atom is 0.222 e. The Morgan fingerprint density at radius 3 is 2.63 bits per heavy atom. The van der Waals surface area contributed by atoms with Gasteiger partial charge in [-0.05, 0) is 37.0 Å². The van der Waals surface area contributed by atoms with Crippen LogP contribution in [0.25, 0.3) is 0 Å². The largest absolute Gasteiger partial charge is 0.392 e. The number of hydrogen-bond acceptors (Lipinski definition) is 3. The third-order valence-corrected chi connectivity index (χ3v) is 3.90. The average Bonchev–Trinajstić information content (AvgIpc) is 2.46. The number of anilines is 1. The second kappa shape index (κ2) is 6.06. The molecular formula is C15H22N2O2. The van der Waals surface area contributed by atoms with Gasteiger partial charge in [0.25, 0.3) is 0 Å². The first kappa shape index (κ1) is 13.9. The molecule has 0 unspecified atom stereocenters. The summed E-state index contributed by atoms with van der Waals surface area (Å²) in [5.41, 5.74) is 3.35. The van der Waals surface area contributed by atoms with Gasteiger partial charge in [-0.3, -0.25) is 4.79 Å². The highest BCUT2D eigenvalue weighted by Crippen LogP contribution is 2.26. The maximum absolute atomic E-state index is 11.6. The zero-order chi connectivity index (χ0) is 13.8. The number of aliphatic hydroxyl groups is 1. The summed E-state index contributed by atoms with van der Waals surface area (Å²) in [6.45, 7) is 3.98. The van der Waals surface area contributed by atoms with Crippen molar-refractivity contribution in [2.75, 3.05) is 25.0 Å². The predicted molar refractivity (Wildman–Crippen MR) is 76.1 cm³/mol. The van der Waals surface area contributed by atoms with Crippen molar-refractivity contribution in [1.82, 2.24) is 5.32 Å². The van der Waals surface area contributed by atoms with Crippen LogP contribution in [0.15, 0.2) is 18.2 Å². The second-order valence-corrected chi connectivity index (χ2v) is 5.15. The van der Waals surface area contributed by atoms with E-state index >= 15 is 0 Å². The first-order valence-electron chi connectivity index (χ1n) is 6.82. The molecule has 4 heteroatoms.